The number of aromatic nitrogens is 2. The van der Waals surface area contributed by atoms with Crippen molar-refractivity contribution >= 4 is 44.6 Å². The Bertz CT molecular complexity index is 1340. The van der Waals surface area contributed by atoms with Crippen molar-refractivity contribution in [1.82, 2.24) is 14.4 Å². The maximum atomic E-state index is 13.9. The van der Waals surface area contributed by atoms with Gasteiger partial charge >= 0.3 is 0 Å². The lowest BCUT2D eigenvalue weighted by Gasteiger charge is -2.30. The number of piperidine rings is 1. The van der Waals surface area contributed by atoms with Crippen LogP contribution in [0.25, 0.3) is 12.2 Å². The summed E-state index contributed by atoms with van der Waals surface area (Å²) < 4.78 is 60.2. The number of aryl methyl sites for hydroxylation is 2. The third-order valence-electron chi connectivity index (χ3n) is 5.48. The van der Waals surface area contributed by atoms with Crippen molar-refractivity contribution in [2.75, 3.05) is 18.4 Å². The van der Waals surface area contributed by atoms with Gasteiger partial charge in [0.1, 0.15) is 17.3 Å². The molecule has 1 aliphatic heterocycles. The molecule has 12 heteroatoms. The Balaban J connectivity index is 1.47. The summed E-state index contributed by atoms with van der Waals surface area (Å²) in [5.74, 6) is -2.07. The fourth-order valence-electron chi connectivity index (χ4n) is 3.71. The van der Waals surface area contributed by atoms with E-state index in [1.54, 1.807) is 0 Å². The number of hydrogen-bond donors (Lipinski definition) is 1. The molecular formula is C22H22F2N4O4S2. The first-order valence-electron chi connectivity index (χ1n) is 10.5. The summed E-state index contributed by atoms with van der Waals surface area (Å²) in [5, 5.41) is 8.90. The summed E-state index contributed by atoms with van der Waals surface area (Å²) in [6.07, 6.45) is 3.29. The minimum absolute atomic E-state index is 0.0553. The van der Waals surface area contributed by atoms with E-state index in [4.69, 9.17) is 4.52 Å². The van der Waals surface area contributed by atoms with E-state index in [9.17, 15) is 22.0 Å². The highest BCUT2D eigenvalue weighted by Gasteiger charge is 2.36. The number of amides is 1. The highest BCUT2D eigenvalue weighted by atomic mass is 32.2. The molecule has 1 fully saturated rings. The predicted molar refractivity (Wildman–Crippen MR) is 123 cm³/mol. The van der Waals surface area contributed by atoms with Crippen LogP contribution in [0.4, 0.5) is 13.9 Å². The summed E-state index contributed by atoms with van der Waals surface area (Å²) in [6, 6.07) is 3.07. The lowest BCUT2D eigenvalue weighted by molar-refractivity contribution is -0.120. The molecule has 0 bridgehead atoms. The first-order chi connectivity index (χ1) is 16.1. The largest absolute Gasteiger partial charge is 0.355 e. The van der Waals surface area contributed by atoms with Gasteiger partial charge in [0.05, 0.1) is 5.69 Å². The fourth-order valence-corrected chi connectivity index (χ4v) is 6.12. The molecule has 1 aromatic carbocycles. The first kappa shape index (κ1) is 24.2. The van der Waals surface area contributed by atoms with Gasteiger partial charge < -0.3 is 9.84 Å². The normalized spacial score (nSPS) is 15.8. The van der Waals surface area contributed by atoms with E-state index in [1.165, 1.54) is 40.8 Å². The zero-order chi connectivity index (χ0) is 24.5. The zero-order valence-corrected chi connectivity index (χ0v) is 20.0. The van der Waals surface area contributed by atoms with Crippen LogP contribution in [-0.4, -0.2) is 41.9 Å². The SMILES string of the molecule is Cc1csc(NC(=O)C2CCN(S(=O)(=O)c3c(C)noc3/C=C/c3ccc(F)cc3F)CC2)n1. The molecule has 1 amide bonds. The van der Waals surface area contributed by atoms with Gasteiger partial charge in [-0.15, -0.1) is 11.3 Å². The molecule has 3 aromatic rings. The van der Waals surface area contributed by atoms with Crippen molar-refractivity contribution in [3.8, 4) is 0 Å². The molecule has 34 heavy (non-hydrogen) atoms. The van der Waals surface area contributed by atoms with Crippen LogP contribution in [0.2, 0.25) is 0 Å². The van der Waals surface area contributed by atoms with Crippen LogP contribution >= 0.6 is 11.3 Å². The van der Waals surface area contributed by atoms with E-state index < -0.39 is 21.7 Å². The highest BCUT2D eigenvalue weighted by molar-refractivity contribution is 7.89. The molecule has 4 rings (SSSR count). The van der Waals surface area contributed by atoms with Gasteiger partial charge in [-0.3, -0.25) is 4.79 Å². The third-order valence-corrected chi connectivity index (χ3v) is 8.41. The maximum absolute atomic E-state index is 13.9. The van der Waals surface area contributed by atoms with Crippen molar-refractivity contribution in [2.24, 2.45) is 5.92 Å². The number of anilines is 1. The summed E-state index contributed by atoms with van der Waals surface area (Å²) in [7, 11) is -3.98. The van der Waals surface area contributed by atoms with Crippen molar-refractivity contribution in [3.05, 3.63) is 57.9 Å². The van der Waals surface area contributed by atoms with Gasteiger partial charge in [0.15, 0.2) is 15.8 Å². The van der Waals surface area contributed by atoms with Crippen LogP contribution in [-0.2, 0) is 14.8 Å². The van der Waals surface area contributed by atoms with Gasteiger partial charge in [-0.25, -0.2) is 22.2 Å². The second-order valence-electron chi connectivity index (χ2n) is 7.92. The van der Waals surface area contributed by atoms with Crippen molar-refractivity contribution in [3.63, 3.8) is 0 Å². The van der Waals surface area contributed by atoms with Gasteiger partial charge in [-0.05, 0) is 51.0 Å². The standard InChI is InChI=1S/C22H22F2N4O4S2/c1-13-12-33-22(25-13)26-21(29)16-7-9-28(10-8-16)34(30,31)20-14(2)27-32-19(20)6-4-15-3-5-17(23)11-18(15)24/h3-6,11-12,16H,7-10H2,1-2H3,(H,25,26,29)/b6-4+. The Labute approximate surface area is 199 Å². The zero-order valence-electron chi connectivity index (χ0n) is 18.4. The van der Waals surface area contributed by atoms with Gasteiger partial charge in [0, 0.05) is 36.0 Å². The van der Waals surface area contributed by atoms with Crippen LogP contribution < -0.4 is 5.32 Å². The molecule has 0 unspecified atom stereocenters. The molecule has 1 N–H and O–H groups in total. The van der Waals surface area contributed by atoms with Crippen LogP contribution in [0.15, 0.2) is 33.0 Å². The van der Waals surface area contributed by atoms with Crippen molar-refractivity contribution in [2.45, 2.75) is 31.6 Å². The summed E-state index contributed by atoms with van der Waals surface area (Å²) >= 11 is 1.34. The number of carbonyl (C=O) groups excluding carboxylic acids is 1. The van der Waals surface area contributed by atoms with Gasteiger partial charge in [0.2, 0.25) is 15.9 Å². The number of nitrogens with zero attached hydrogens (tertiary/aromatic N) is 3. The first-order valence-corrected chi connectivity index (χ1v) is 12.8. The van der Waals surface area contributed by atoms with E-state index in [0.29, 0.717) is 18.0 Å². The van der Waals surface area contributed by atoms with Gasteiger partial charge in [0.25, 0.3) is 0 Å². The van der Waals surface area contributed by atoms with E-state index in [2.05, 4.69) is 15.5 Å². The quantitative estimate of drug-likeness (QED) is 0.534. The van der Waals surface area contributed by atoms with E-state index in [1.807, 2.05) is 12.3 Å². The topological polar surface area (TPSA) is 105 Å². The van der Waals surface area contributed by atoms with Crippen LogP contribution in [0.5, 0.6) is 0 Å². The summed E-state index contributed by atoms with van der Waals surface area (Å²) in [6.45, 7) is 3.64. The summed E-state index contributed by atoms with van der Waals surface area (Å²) in [4.78, 5) is 16.6. The molecule has 3 heterocycles. The predicted octanol–water partition coefficient (Wildman–Crippen LogP) is 4.24. The molecule has 1 aliphatic rings. The fraction of sp³-hybridized carbons (Fsp3) is 0.318. The van der Waals surface area contributed by atoms with Crippen LogP contribution in [0.1, 0.15) is 35.6 Å². The Morgan fingerprint density at radius 3 is 2.62 bits per heavy atom. The molecule has 0 saturated carbocycles. The Hall–Kier alpha value is -2.96. The molecule has 8 nitrogen and oxygen atoms in total. The summed E-state index contributed by atoms with van der Waals surface area (Å²) in [5.41, 5.74) is 1.05. The molecule has 2 aromatic heterocycles. The van der Waals surface area contributed by atoms with E-state index in [0.717, 1.165) is 17.8 Å². The van der Waals surface area contributed by atoms with Gasteiger partial charge in [-0.2, -0.15) is 4.31 Å². The maximum Gasteiger partial charge on any atom is 0.248 e. The van der Waals surface area contributed by atoms with Crippen LogP contribution in [0.3, 0.4) is 0 Å². The minimum Gasteiger partial charge on any atom is -0.355 e. The lowest BCUT2D eigenvalue weighted by atomic mass is 9.97. The molecule has 180 valence electrons. The highest BCUT2D eigenvalue weighted by Crippen LogP contribution is 2.30. The number of thiazole rings is 1. The lowest BCUT2D eigenvalue weighted by Crippen LogP contribution is -2.41. The number of carbonyl (C=O) groups is 1. The molecule has 0 radical (unpaired) electrons. The number of sulfonamides is 1. The molecule has 0 atom stereocenters. The Morgan fingerprint density at radius 2 is 1.97 bits per heavy atom. The van der Waals surface area contributed by atoms with Gasteiger partial charge in [-0.1, -0.05) is 5.16 Å². The number of halogens is 2. The number of rotatable bonds is 6. The average Bonchev–Trinajstić information content (AvgIpc) is 3.38. The molecular weight excluding hydrogens is 486 g/mol. The van der Waals surface area contributed by atoms with Crippen LogP contribution in [0, 0.1) is 31.4 Å². The third kappa shape index (κ3) is 5.08. The number of hydrogen-bond acceptors (Lipinski definition) is 7. The Kier molecular flexibility index (Phi) is 6.91. The second-order valence-corrected chi connectivity index (χ2v) is 10.7. The second kappa shape index (κ2) is 9.72. The average molecular weight is 509 g/mol. The Morgan fingerprint density at radius 1 is 1.24 bits per heavy atom. The monoisotopic (exact) mass is 508 g/mol. The number of nitrogens with one attached hydrogen (secondary N) is 1. The van der Waals surface area contributed by atoms with E-state index >= 15 is 0 Å². The van der Waals surface area contributed by atoms with Crippen molar-refractivity contribution < 1.29 is 26.5 Å². The minimum atomic E-state index is -3.98. The smallest absolute Gasteiger partial charge is 0.248 e. The molecule has 1 saturated heterocycles. The van der Waals surface area contributed by atoms with E-state index in [-0.39, 0.29) is 46.8 Å². The molecule has 0 aliphatic carbocycles. The molecule has 0 spiro atoms. The number of benzene rings is 1. The van der Waals surface area contributed by atoms with Crippen molar-refractivity contribution in [1.29, 1.82) is 0 Å².